The monoisotopic (exact) mass is 859 g/mol. The second kappa shape index (κ2) is 33.6. The molecular formula is C41H86N12O7. The van der Waals surface area contributed by atoms with Gasteiger partial charge in [-0.25, -0.2) is 0 Å². The van der Waals surface area contributed by atoms with Crippen molar-refractivity contribution in [3.63, 3.8) is 0 Å². The van der Waals surface area contributed by atoms with Crippen LogP contribution >= 0.6 is 0 Å². The summed E-state index contributed by atoms with van der Waals surface area (Å²) in [4.78, 5) is 52.9. The number of carbonyl (C=O) groups is 4. The number of piperidine rings is 2. The molecule has 0 bridgehead atoms. The molecule has 5 fully saturated rings. The number of primary amides is 2. The molecule has 0 saturated carbocycles. The Morgan fingerprint density at radius 2 is 1.27 bits per heavy atom. The highest BCUT2D eigenvalue weighted by Crippen LogP contribution is 2.21. The van der Waals surface area contributed by atoms with Crippen LogP contribution < -0.4 is 38.1 Å². The Hall–Kier alpha value is -2.98. The fraction of sp³-hybridized carbons (Fsp3) is 0.854. The van der Waals surface area contributed by atoms with E-state index in [0.717, 1.165) is 110 Å². The fourth-order valence-electron chi connectivity index (χ4n) is 7.43. The Morgan fingerprint density at radius 3 is 1.68 bits per heavy atom. The molecule has 5 rings (SSSR count). The van der Waals surface area contributed by atoms with E-state index in [2.05, 4.69) is 59.8 Å². The lowest BCUT2D eigenvalue weighted by Crippen LogP contribution is -2.52. The number of amides is 2. The number of rotatable bonds is 15. The molecule has 19 nitrogen and oxygen atoms in total. The van der Waals surface area contributed by atoms with Crippen LogP contribution in [0.25, 0.3) is 0 Å². The minimum Gasteiger partial charge on any atom is -0.511 e. The molecule has 5 aliphatic heterocycles. The summed E-state index contributed by atoms with van der Waals surface area (Å²) in [6, 6.07) is 0.819. The molecule has 60 heavy (non-hydrogen) atoms. The Morgan fingerprint density at radius 1 is 0.717 bits per heavy atom. The van der Waals surface area contributed by atoms with Crippen molar-refractivity contribution in [1.82, 2.24) is 51.1 Å². The first-order valence-electron chi connectivity index (χ1n) is 21.5. The summed E-state index contributed by atoms with van der Waals surface area (Å²) < 4.78 is 0. The molecule has 0 aromatic rings. The number of piperazine rings is 2. The molecular weight excluding hydrogens is 773 g/mol. The van der Waals surface area contributed by atoms with Gasteiger partial charge in [0.05, 0.1) is 19.1 Å². The van der Waals surface area contributed by atoms with Crippen LogP contribution in [-0.2, 0) is 19.2 Å². The average molecular weight is 859 g/mol. The zero-order valence-electron chi connectivity index (χ0n) is 36.9. The van der Waals surface area contributed by atoms with Gasteiger partial charge in [0.25, 0.3) is 0 Å². The predicted molar refractivity (Wildman–Crippen MR) is 240 cm³/mol. The lowest BCUT2D eigenvalue weighted by Gasteiger charge is -2.33. The van der Waals surface area contributed by atoms with E-state index in [4.69, 9.17) is 26.8 Å². The number of carboxylic acid groups (broad SMARTS) is 2. The van der Waals surface area contributed by atoms with Gasteiger partial charge in [0.15, 0.2) is 0 Å². The van der Waals surface area contributed by atoms with Crippen molar-refractivity contribution >= 4 is 23.8 Å². The quantitative estimate of drug-likeness (QED) is 0.0856. The van der Waals surface area contributed by atoms with Crippen molar-refractivity contribution < 1.29 is 34.5 Å². The molecule has 2 amide bonds. The van der Waals surface area contributed by atoms with Crippen molar-refractivity contribution in [2.45, 2.75) is 83.0 Å². The van der Waals surface area contributed by atoms with Crippen LogP contribution in [0, 0.1) is 5.92 Å². The van der Waals surface area contributed by atoms with Crippen LogP contribution in [0.1, 0.15) is 58.8 Å². The summed E-state index contributed by atoms with van der Waals surface area (Å²) in [5.41, 5.74) is 10.2. The molecule has 352 valence electrons. The zero-order chi connectivity index (χ0) is 44.2. The van der Waals surface area contributed by atoms with Crippen LogP contribution in [0.2, 0.25) is 0 Å². The molecule has 0 aromatic carbocycles. The molecule has 0 radical (unpaired) electrons. The zero-order valence-corrected chi connectivity index (χ0v) is 36.9. The molecule has 0 aromatic heterocycles. The molecule has 19 heteroatoms. The molecule has 3 atom stereocenters. The van der Waals surface area contributed by atoms with Crippen LogP contribution in [0.4, 0.5) is 0 Å². The number of carbonyl (C=O) groups excluding carboxylic acids is 2. The minimum absolute atomic E-state index is 0. The Kier molecular flexibility index (Phi) is 32.0. The van der Waals surface area contributed by atoms with E-state index < -0.39 is 11.9 Å². The molecule has 0 spiro atoms. The number of carboxylic acids is 2. The van der Waals surface area contributed by atoms with E-state index in [1.165, 1.54) is 25.9 Å². The number of aliphatic carboxylic acids is 2. The summed E-state index contributed by atoms with van der Waals surface area (Å²) in [5, 5.41) is 41.6. The van der Waals surface area contributed by atoms with Gasteiger partial charge in [-0.05, 0) is 99.2 Å². The van der Waals surface area contributed by atoms with Crippen LogP contribution in [-0.4, -0.2) is 228 Å². The molecule has 5 aliphatic rings. The summed E-state index contributed by atoms with van der Waals surface area (Å²) in [6.45, 7) is 17.9. The maximum absolute atomic E-state index is 10.7. The lowest BCUT2D eigenvalue weighted by molar-refractivity contribution is -0.140. The van der Waals surface area contributed by atoms with Gasteiger partial charge in [-0.15, -0.1) is 0 Å². The summed E-state index contributed by atoms with van der Waals surface area (Å²) in [7, 11) is 9.94. The average Bonchev–Trinajstić information content (AvgIpc) is 3.70. The third-order valence-electron chi connectivity index (χ3n) is 11.4. The second-order valence-corrected chi connectivity index (χ2v) is 16.3. The van der Waals surface area contributed by atoms with Gasteiger partial charge in [-0.2, -0.15) is 0 Å². The van der Waals surface area contributed by atoms with Gasteiger partial charge in [-0.3, -0.25) is 33.9 Å². The first-order chi connectivity index (χ1) is 28.1. The number of aliphatic hydroxyl groups excluding tert-OH is 1. The molecule has 5 heterocycles. The molecule has 5 saturated heterocycles. The number of nitrogens with one attached hydrogen (secondary N) is 5. The van der Waals surface area contributed by atoms with Crippen LogP contribution in [0.3, 0.4) is 0 Å². The third kappa shape index (κ3) is 27.8. The SMILES string of the molecule is C.C=C(O)[C@@H]1CC(NC)CN1.CN1CCC(CCCC(=O)O)CC1.CN1CCNC(C(=O)O)C1.CNC1CCN(CC(N)=O)CC1.CNCCN1CCN(CC(N)=O)CC1. The van der Waals surface area contributed by atoms with E-state index in [1.807, 2.05) is 33.1 Å². The van der Waals surface area contributed by atoms with Gasteiger partial charge in [0, 0.05) is 97.0 Å². The highest BCUT2D eigenvalue weighted by atomic mass is 16.4. The number of nitrogens with zero attached hydrogens (tertiary/aromatic N) is 5. The van der Waals surface area contributed by atoms with Gasteiger partial charge in [0.1, 0.15) is 11.8 Å². The van der Waals surface area contributed by atoms with Crippen molar-refractivity contribution in [1.29, 1.82) is 0 Å². The molecule has 2 unspecified atom stereocenters. The lowest BCUT2D eigenvalue weighted by atomic mass is 9.92. The summed E-state index contributed by atoms with van der Waals surface area (Å²) >= 11 is 0. The topological polar surface area (TPSA) is 257 Å². The van der Waals surface area contributed by atoms with Gasteiger partial charge in [-0.1, -0.05) is 14.0 Å². The second-order valence-electron chi connectivity index (χ2n) is 16.3. The first kappa shape index (κ1) is 57.0. The van der Waals surface area contributed by atoms with Crippen molar-refractivity contribution in [3.8, 4) is 0 Å². The fourth-order valence-corrected chi connectivity index (χ4v) is 7.43. The number of nitrogens with two attached hydrogens (primary N) is 2. The number of hydrogen-bond acceptors (Lipinski definition) is 15. The standard InChI is InChI=1S/C10H19NO2.C9H20N4O.C8H17N3O.C7H14N2O.C6H12N2O2.CH4/c1-11-7-5-9(6-8-11)3-2-4-10(12)13;1-11-2-3-12-4-6-13(7-5-12)8-9(10)14;1-10-7-2-4-11(5-3-7)6-8(9)12;1-5(10)7-3-6(8-2)4-9-7;1-8-3-2-7-5(4-8)6(9)10;/h9H,2-8H2,1H3,(H,12,13);11H,2-8H2,1H3,(H2,10,14);7,10H,2-6H2,1H3,(H2,9,12);6-10H,1,3-4H2,2H3;5,7H,2-4H2,1H3,(H,9,10);1H4/t;;;6?,7-;;/m...0../s1. The Labute approximate surface area is 361 Å². The van der Waals surface area contributed by atoms with E-state index in [1.54, 1.807) is 0 Å². The van der Waals surface area contributed by atoms with Crippen molar-refractivity contribution in [2.75, 3.05) is 140 Å². The van der Waals surface area contributed by atoms with Crippen molar-refractivity contribution in [2.24, 2.45) is 17.4 Å². The Bertz CT molecular complexity index is 1180. The Balaban J connectivity index is 0.000000726. The highest BCUT2D eigenvalue weighted by molar-refractivity contribution is 5.76. The summed E-state index contributed by atoms with van der Waals surface area (Å²) in [5.74, 6) is -0.848. The number of aliphatic hydroxyl groups is 1. The first-order valence-corrected chi connectivity index (χ1v) is 21.5. The molecule has 0 aliphatic carbocycles. The predicted octanol–water partition coefficient (Wildman–Crippen LogP) is -1.33. The van der Waals surface area contributed by atoms with Gasteiger partial charge < -0.3 is 63.2 Å². The van der Waals surface area contributed by atoms with Crippen LogP contribution in [0.15, 0.2) is 12.3 Å². The summed E-state index contributed by atoms with van der Waals surface area (Å²) in [6.07, 6.45) is 7.95. The normalized spacial score (nSPS) is 23.4. The molecule has 12 N–H and O–H groups in total. The van der Waals surface area contributed by atoms with Crippen molar-refractivity contribution in [3.05, 3.63) is 12.3 Å². The smallest absolute Gasteiger partial charge is 0.322 e. The van der Waals surface area contributed by atoms with E-state index in [-0.39, 0.29) is 37.1 Å². The van der Waals surface area contributed by atoms with E-state index in [0.29, 0.717) is 38.1 Å². The largest absolute Gasteiger partial charge is 0.511 e. The number of likely N-dealkylation sites (tertiary alicyclic amines) is 2. The highest BCUT2D eigenvalue weighted by Gasteiger charge is 2.25. The number of likely N-dealkylation sites (N-methyl/N-ethyl adjacent to an activating group) is 3. The number of hydrogen-bond donors (Lipinski definition) is 10. The van der Waals surface area contributed by atoms with Crippen LogP contribution in [0.5, 0.6) is 0 Å². The van der Waals surface area contributed by atoms with Gasteiger partial charge >= 0.3 is 11.9 Å². The van der Waals surface area contributed by atoms with Gasteiger partial charge in [0.2, 0.25) is 11.8 Å². The van der Waals surface area contributed by atoms with E-state index >= 15 is 0 Å². The van der Waals surface area contributed by atoms with E-state index in [9.17, 15) is 19.2 Å². The maximum Gasteiger partial charge on any atom is 0.322 e. The third-order valence-corrected chi connectivity index (χ3v) is 11.4. The minimum atomic E-state index is -0.758. The maximum atomic E-state index is 10.7.